The highest BCUT2D eigenvalue weighted by Gasteiger charge is 2.25. The second-order valence-corrected chi connectivity index (χ2v) is 13.6. The third-order valence-electron chi connectivity index (χ3n) is 9.60. The molecule has 0 aliphatic heterocycles. The number of fused-ring (bicyclic) bond motifs is 8. The molecule has 0 saturated carbocycles. The van der Waals surface area contributed by atoms with Crippen molar-refractivity contribution >= 4 is 98.3 Å². The predicted octanol–water partition coefficient (Wildman–Crippen LogP) is 14.0. The first-order chi connectivity index (χ1) is 24.8. The zero-order valence-electron chi connectivity index (χ0n) is 27.0. The van der Waals surface area contributed by atoms with Gasteiger partial charge in [-0.2, -0.15) is 0 Å². The van der Waals surface area contributed by atoms with Crippen molar-refractivity contribution in [2.75, 3.05) is 9.80 Å². The Kier molecular flexibility index (Phi) is 6.68. The maximum atomic E-state index is 6.45. The monoisotopic (exact) mass is 658 g/mol. The van der Waals surface area contributed by atoms with Crippen LogP contribution in [0.25, 0.3) is 52.9 Å². The minimum atomic E-state index is 0.864. The summed E-state index contributed by atoms with van der Waals surface area (Å²) in [5.74, 6) is 0. The summed E-state index contributed by atoms with van der Waals surface area (Å²) in [5, 5.41) is 7.30. The Morgan fingerprint density at radius 1 is 0.360 bits per heavy atom. The van der Waals surface area contributed by atoms with Crippen LogP contribution in [-0.2, 0) is 0 Å². The van der Waals surface area contributed by atoms with Crippen molar-refractivity contribution in [2.24, 2.45) is 0 Å². The van der Waals surface area contributed by atoms with Crippen molar-refractivity contribution in [2.45, 2.75) is 0 Å². The number of nitrogens with zero attached hydrogens (tertiary/aromatic N) is 2. The van der Waals surface area contributed by atoms with Crippen molar-refractivity contribution in [1.29, 1.82) is 0 Å². The molecule has 236 valence electrons. The Labute approximate surface area is 293 Å². The van der Waals surface area contributed by atoms with E-state index < -0.39 is 0 Å². The van der Waals surface area contributed by atoms with Crippen molar-refractivity contribution in [1.82, 2.24) is 0 Å². The molecule has 10 rings (SSSR count). The SMILES string of the molecule is c1ccc(N(c2ccc3c(c2)oc2ccccc23)c2cc3sc4ccc5ccccc5c4c3cc2N(c2ccccc2)c2ccccc2)cc1. The highest BCUT2D eigenvalue weighted by molar-refractivity contribution is 7.26. The van der Waals surface area contributed by atoms with Crippen LogP contribution in [0, 0.1) is 0 Å². The van der Waals surface area contributed by atoms with E-state index in [1.54, 1.807) is 0 Å². The summed E-state index contributed by atoms with van der Waals surface area (Å²) in [6.45, 7) is 0. The Bertz CT molecular complexity index is 2780. The third-order valence-corrected chi connectivity index (χ3v) is 10.7. The van der Waals surface area contributed by atoms with Crippen LogP contribution in [0.15, 0.2) is 186 Å². The van der Waals surface area contributed by atoms with Gasteiger partial charge in [-0.25, -0.2) is 0 Å². The molecule has 0 N–H and O–H groups in total. The van der Waals surface area contributed by atoms with Gasteiger partial charge in [-0.1, -0.05) is 103 Å². The fourth-order valence-electron chi connectivity index (χ4n) is 7.37. The van der Waals surface area contributed by atoms with Crippen LogP contribution in [0.2, 0.25) is 0 Å². The molecule has 0 aliphatic rings. The lowest BCUT2D eigenvalue weighted by Crippen LogP contribution is -2.17. The molecule has 10 aromatic rings. The van der Waals surface area contributed by atoms with E-state index in [4.69, 9.17) is 4.42 Å². The number of anilines is 6. The van der Waals surface area contributed by atoms with E-state index in [2.05, 4.69) is 180 Å². The standard InChI is InChI=1S/C46H30N2OS/c1-4-15-32(16-5-1)47(33-17-6-2-7-18-33)40-29-39-45(50-44-27-24-31-14-10-11-21-36(31)46(39)44)30-41(40)48(34-19-8-3-9-20-34)35-25-26-38-37-22-12-13-23-42(37)49-43(38)28-35/h1-30H. The van der Waals surface area contributed by atoms with Crippen LogP contribution in [0.5, 0.6) is 0 Å². The number of rotatable bonds is 6. The van der Waals surface area contributed by atoms with Crippen molar-refractivity contribution in [3.8, 4) is 0 Å². The highest BCUT2D eigenvalue weighted by atomic mass is 32.1. The summed E-state index contributed by atoms with van der Waals surface area (Å²) in [6.07, 6.45) is 0. The Hall–Kier alpha value is -6.36. The molecule has 0 unspecified atom stereocenters. The maximum Gasteiger partial charge on any atom is 0.137 e. The van der Waals surface area contributed by atoms with Crippen LogP contribution < -0.4 is 9.80 Å². The Balaban J connectivity index is 1.32. The summed E-state index contributed by atoms with van der Waals surface area (Å²) in [4.78, 5) is 4.77. The molecule has 2 aromatic heterocycles. The smallest absolute Gasteiger partial charge is 0.137 e. The number of benzene rings is 8. The van der Waals surface area contributed by atoms with Gasteiger partial charge in [-0.15, -0.1) is 11.3 Å². The summed E-state index contributed by atoms with van der Waals surface area (Å²) in [5.41, 5.74) is 8.17. The van der Waals surface area contributed by atoms with Gasteiger partial charge >= 0.3 is 0 Å². The molecule has 0 amide bonds. The van der Waals surface area contributed by atoms with E-state index in [0.717, 1.165) is 56.1 Å². The molecule has 0 bridgehead atoms. The minimum Gasteiger partial charge on any atom is -0.456 e. The fourth-order valence-corrected chi connectivity index (χ4v) is 8.50. The third kappa shape index (κ3) is 4.65. The number of para-hydroxylation sites is 4. The van der Waals surface area contributed by atoms with Crippen LogP contribution in [0.1, 0.15) is 0 Å². The van der Waals surface area contributed by atoms with Crippen molar-refractivity contribution in [3.05, 3.63) is 182 Å². The zero-order valence-corrected chi connectivity index (χ0v) is 27.8. The first-order valence-electron chi connectivity index (χ1n) is 16.8. The van der Waals surface area contributed by atoms with E-state index in [1.165, 1.54) is 30.9 Å². The molecule has 2 heterocycles. The quantitative estimate of drug-likeness (QED) is 0.177. The molecule has 0 radical (unpaired) electrons. The first kappa shape index (κ1) is 28.6. The molecule has 0 aliphatic carbocycles. The lowest BCUT2D eigenvalue weighted by Gasteiger charge is -2.33. The van der Waals surface area contributed by atoms with Gasteiger partial charge in [-0.3, -0.25) is 0 Å². The van der Waals surface area contributed by atoms with Gasteiger partial charge in [0.25, 0.3) is 0 Å². The van der Waals surface area contributed by atoms with E-state index in [-0.39, 0.29) is 0 Å². The van der Waals surface area contributed by atoms with E-state index in [1.807, 2.05) is 23.5 Å². The van der Waals surface area contributed by atoms with Crippen LogP contribution >= 0.6 is 11.3 Å². The Morgan fingerprint density at radius 2 is 0.920 bits per heavy atom. The van der Waals surface area contributed by atoms with Gasteiger partial charge in [0.15, 0.2) is 0 Å². The number of thiophene rings is 1. The highest BCUT2D eigenvalue weighted by Crippen LogP contribution is 2.51. The minimum absolute atomic E-state index is 0.864. The normalized spacial score (nSPS) is 11.6. The van der Waals surface area contributed by atoms with Gasteiger partial charge in [0.1, 0.15) is 11.2 Å². The van der Waals surface area contributed by atoms with Gasteiger partial charge < -0.3 is 14.2 Å². The lowest BCUT2D eigenvalue weighted by molar-refractivity contribution is 0.669. The number of hydrogen-bond acceptors (Lipinski definition) is 4. The molecule has 3 nitrogen and oxygen atoms in total. The van der Waals surface area contributed by atoms with E-state index in [9.17, 15) is 0 Å². The largest absolute Gasteiger partial charge is 0.456 e. The molecular weight excluding hydrogens is 629 g/mol. The zero-order chi connectivity index (χ0) is 33.0. The molecule has 0 atom stereocenters. The molecule has 0 saturated heterocycles. The molecule has 0 fully saturated rings. The molecule has 4 heteroatoms. The number of furan rings is 1. The molecular formula is C46H30N2OS. The Morgan fingerprint density at radius 3 is 1.62 bits per heavy atom. The van der Waals surface area contributed by atoms with Crippen LogP contribution in [0.3, 0.4) is 0 Å². The molecule has 0 spiro atoms. The number of hydrogen-bond donors (Lipinski definition) is 0. The van der Waals surface area contributed by atoms with Gasteiger partial charge in [0, 0.05) is 59.8 Å². The summed E-state index contributed by atoms with van der Waals surface area (Å²) in [6, 6.07) is 64.9. The van der Waals surface area contributed by atoms with Gasteiger partial charge in [0.05, 0.1) is 11.4 Å². The topological polar surface area (TPSA) is 19.6 Å². The molecule has 8 aromatic carbocycles. The van der Waals surface area contributed by atoms with Gasteiger partial charge in [-0.05, 0) is 83.6 Å². The first-order valence-corrected chi connectivity index (χ1v) is 17.7. The average molecular weight is 659 g/mol. The fraction of sp³-hybridized carbons (Fsp3) is 0. The maximum absolute atomic E-state index is 6.45. The second kappa shape index (κ2) is 11.7. The summed E-state index contributed by atoms with van der Waals surface area (Å²) < 4.78 is 8.97. The van der Waals surface area contributed by atoms with Crippen LogP contribution in [0.4, 0.5) is 34.1 Å². The van der Waals surface area contributed by atoms with Gasteiger partial charge in [0.2, 0.25) is 0 Å². The van der Waals surface area contributed by atoms with Crippen molar-refractivity contribution < 1.29 is 4.42 Å². The summed E-state index contributed by atoms with van der Waals surface area (Å²) in [7, 11) is 0. The average Bonchev–Trinajstić information content (AvgIpc) is 3.74. The van der Waals surface area contributed by atoms with Crippen molar-refractivity contribution in [3.63, 3.8) is 0 Å². The second-order valence-electron chi connectivity index (χ2n) is 12.6. The molecule has 50 heavy (non-hydrogen) atoms. The van der Waals surface area contributed by atoms with E-state index >= 15 is 0 Å². The van der Waals surface area contributed by atoms with E-state index in [0.29, 0.717) is 0 Å². The lowest BCUT2D eigenvalue weighted by atomic mass is 10.0. The predicted molar refractivity (Wildman–Crippen MR) is 213 cm³/mol. The van der Waals surface area contributed by atoms with Crippen LogP contribution in [-0.4, -0.2) is 0 Å². The summed E-state index contributed by atoms with van der Waals surface area (Å²) >= 11 is 1.85.